The van der Waals surface area contributed by atoms with Crippen LogP contribution in [0.15, 0.2) is 53.5 Å². The Morgan fingerprint density at radius 2 is 1.83 bits per heavy atom. The van der Waals surface area contributed by atoms with Crippen molar-refractivity contribution < 1.29 is 18.7 Å². The van der Waals surface area contributed by atoms with Crippen molar-refractivity contribution in [1.29, 1.82) is 0 Å². The van der Waals surface area contributed by atoms with Crippen LogP contribution in [-0.2, 0) is 18.3 Å². The van der Waals surface area contributed by atoms with Gasteiger partial charge in [-0.25, -0.2) is 14.1 Å². The Hall–Kier alpha value is -4.61. The van der Waals surface area contributed by atoms with Gasteiger partial charge in [0.1, 0.15) is 11.4 Å². The third-order valence-electron chi connectivity index (χ3n) is 8.98. The number of fused-ring (bicyclic) bond motifs is 1. The molecule has 1 aliphatic carbocycles. The van der Waals surface area contributed by atoms with Crippen molar-refractivity contribution in [2.45, 2.75) is 32.7 Å². The number of pyridine rings is 1. The number of methoxy groups -OCH3 is 1. The molecule has 0 bridgehead atoms. The fourth-order valence-corrected chi connectivity index (χ4v) is 6.84. The van der Waals surface area contributed by atoms with Gasteiger partial charge in [0.15, 0.2) is 0 Å². The van der Waals surface area contributed by atoms with Crippen molar-refractivity contribution in [3.8, 4) is 28.3 Å². The zero-order chi connectivity index (χ0) is 32.7. The van der Waals surface area contributed by atoms with Crippen LogP contribution in [0.4, 0.5) is 10.1 Å². The summed E-state index contributed by atoms with van der Waals surface area (Å²) in [7, 11) is 3.06. The summed E-state index contributed by atoms with van der Waals surface area (Å²) in [5.74, 6) is -0.517. The van der Waals surface area contributed by atoms with Gasteiger partial charge in [-0.05, 0) is 55.2 Å². The van der Waals surface area contributed by atoms with E-state index in [-0.39, 0.29) is 23.1 Å². The molecule has 1 saturated heterocycles. The van der Waals surface area contributed by atoms with Crippen LogP contribution in [0.2, 0.25) is 5.02 Å². The SMILES string of the molecule is COc1nc(-c2cccc(-c3c(F)ccc(NC(=O)c4ccnn(C)c4=O)c3C)c2Cl)cc2c1[C@@H](N1CCN(C(C)=O)CC1)CC2. The molecule has 1 N–H and O–H groups in total. The number of nitrogens with one attached hydrogen (secondary N) is 1. The number of amides is 2. The predicted octanol–water partition coefficient (Wildman–Crippen LogP) is 5.02. The minimum atomic E-state index is -0.628. The molecule has 10 nitrogen and oxygen atoms in total. The van der Waals surface area contributed by atoms with Crippen molar-refractivity contribution in [1.82, 2.24) is 24.6 Å². The summed E-state index contributed by atoms with van der Waals surface area (Å²) in [6, 6.07) is 11.6. The largest absolute Gasteiger partial charge is 0.481 e. The lowest BCUT2D eigenvalue weighted by Gasteiger charge is -2.38. The number of anilines is 1. The number of aromatic nitrogens is 3. The normalized spacial score (nSPS) is 16.3. The van der Waals surface area contributed by atoms with Crippen LogP contribution in [0.25, 0.3) is 22.4 Å². The van der Waals surface area contributed by atoms with Crippen LogP contribution in [0, 0.1) is 12.7 Å². The molecule has 3 heterocycles. The van der Waals surface area contributed by atoms with Gasteiger partial charge in [0.25, 0.3) is 11.5 Å². The van der Waals surface area contributed by atoms with E-state index in [9.17, 15) is 14.4 Å². The number of ether oxygens (including phenoxy) is 1. The first-order valence-electron chi connectivity index (χ1n) is 15.1. The van der Waals surface area contributed by atoms with Gasteiger partial charge in [0.05, 0.1) is 17.8 Å². The number of carbonyl (C=O) groups is 2. The number of piperazine rings is 1. The lowest BCUT2D eigenvalue weighted by molar-refractivity contribution is -0.130. The first kappa shape index (κ1) is 31.4. The number of hydrogen-bond donors (Lipinski definition) is 1. The summed E-state index contributed by atoms with van der Waals surface area (Å²) in [5, 5.41) is 6.89. The molecule has 2 aromatic heterocycles. The molecule has 1 fully saturated rings. The Morgan fingerprint density at radius 1 is 1.09 bits per heavy atom. The molecule has 46 heavy (non-hydrogen) atoms. The van der Waals surface area contributed by atoms with Crippen LogP contribution in [0.1, 0.15) is 46.4 Å². The third-order valence-corrected chi connectivity index (χ3v) is 9.39. The van der Waals surface area contributed by atoms with Gasteiger partial charge in [0, 0.05) is 80.3 Å². The lowest BCUT2D eigenvalue weighted by atomic mass is 9.95. The van der Waals surface area contributed by atoms with Gasteiger partial charge in [-0.1, -0.05) is 29.8 Å². The third kappa shape index (κ3) is 5.65. The van der Waals surface area contributed by atoms with E-state index in [2.05, 4.69) is 15.3 Å². The quantitative estimate of drug-likeness (QED) is 0.314. The Labute approximate surface area is 270 Å². The van der Waals surface area contributed by atoms with E-state index in [4.69, 9.17) is 21.3 Å². The molecular weight excluding hydrogens is 611 g/mol. The van der Waals surface area contributed by atoms with Crippen LogP contribution < -0.4 is 15.6 Å². The summed E-state index contributed by atoms with van der Waals surface area (Å²) in [6.07, 6.45) is 3.12. The highest BCUT2D eigenvalue weighted by molar-refractivity contribution is 6.36. The number of halogens is 2. The topological polar surface area (TPSA) is 110 Å². The molecule has 2 amide bonds. The van der Waals surface area contributed by atoms with E-state index in [0.29, 0.717) is 52.1 Å². The zero-order valence-electron chi connectivity index (χ0n) is 26.1. The van der Waals surface area contributed by atoms with E-state index >= 15 is 4.39 Å². The maximum absolute atomic E-state index is 15.5. The number of carbonyl (C=O) groups excluding carboxylic acids is 2. The van der Waals surface area contributed by atoms with E-state index < -0.39 is 17.3 Å². The molecule has 0 saturated carbocycles. The molecule has 4 aromatic rings. The second-order valence-electron chi connectivity index (χ2n) is 11.6. The lowest BCUT2D eigenvalue weighted by Crippen LogP contribution is -2.48. The number of nitrogens with zero attached hydrogens (tertiary/aromatic N) is 5. The van der Waals surface area contributed by atoms with E-state index in [0.717, 1.165) is 41.7 Å². The smallest absolute Gasteiger partial charge is 0.279 e. The number of hydrogen-bond acceptors (Lipinski definition) is 7. The Kier molecular flexibility index (Phi) is 8.63. The minimum Gasteiger partial charge on any atom is -0.481 e. The fraction of sp³-hybridized carbons (Fsp3) is 0.324. The number of aryl methyl sites for hydroxylation is 2. The van der Waals surface area contributed by atoms with Gasteiger partial charge < -0.3 is 15.0 Å². The fourth-order valence-electron chi connectivity index (χ4n) is 6.53. The highest BCUT2D eigenvalue weighted by atomic mass is 35.5. The highest BCUT2D eigenvalue weighted by Crippen LogP contribution is 2.45. The number of rotatable bonds is 6. The Balaban J connectivity index is 1.33. The van der Waals surface area contributed by atoms with Crippen LogP contribution >= 0.6 is 11.6 Å². The van der Waals surface area contributed by atoms with Gasteiger partial charge in [-0.15, -0.1) is 0 Å². The van der Waals surface area contributed by atoms with Crippen LogP contribution in [0.3, 0.4) is 0 Å². The average molecular weight is 645 g/mol. The van der Waals surface area contributed by atoms with Gasteiger partial charge in [-0.2, -0.15) is 5.10 Å². The van der Waals surface area contributed by atoms with Gasteiger partial charge in [0.2, 0.25) is 11.8 Å². The first-order valence-corrected chi connectivity index (χ1v) is 15.5. The Bertz CT molecular complexity index is 1920. The zero-order valence-corrected chi connectivity index (χ0v) is 26.8. The van der Waals surface area contributed by atoms with Crippen molar-refractivity contribution in [2.75, 3.05) is 38.6 Å². The molecule has 2 aromatic carbocycles. The summed E-state index contributed by atoms with van der Waals surface area (Å²) < 4.78 is 22.4. The van der Waals surface area contributed by atoms with E-state index in [1.165, 1.54) is 31.4 Å². The molecule has 0 unspecified atom stereocenters. The molecule has 1 atom stereocenters. The van der Waals surface area contributed by atoms with Crippen molar-refractivity contribution in [3.63, 3.8) is 0 Å². The van der Waals surface area contributed by atoms with Crippen LogP contribution in [-0.4, -0.2) is 69.7 Å². The molecule has 6 rings (SSSR count). The summed E-state index contributed by atoms with van der Waals surface area (Å²) in [6.45, 7) is 6.25. The molecule has 0 radical (unpaired) electrons. The number of benzene rings is 2. The van der Waals surface area contributed by atoms with Gasteiger partial charge >= 0.3 is 0 Å². The van der Waals surface area contributed by atoms with E-state index in [1.54, 1.807) is 33.1 Å². The molecule has 12 heteroatoms. The molecule has 2 aliphatic rings. The predicted molar refractivity (Wildman–Crippen MR) is 174 cm³/mol. The Morgan fingerprint density at radius 3 is 2.54 bits per heavy atom. The standard InChI is InChI=1S/C34H34ClFN6O4/c1-19-26(38-32(44)24-12-13-37-40(3)34(24)45)10-9-25(36)29(19)23-7-5-6-22(31(23)35)27-18-21-8-11-28(30(21)33(39-27)46-4)42-16-14-41(15-17-42)20(2)43/h5-7,9-10,12-13,18,28H,8,11,14-17H2,1-4H3,(H,38,44)/t28-/m0/s1. The second kappa shape index (κ2) is 12.6. The summed E-state index contributed by atoms with van der Waals surface area (Å²) in [5.41, 5.74) is 4.24. The first-order chi connectivity index (χ1) is 22.1. The van der Waals surface area contributed by atoms with Crippen molar-refractivity contribution in [2.24, 2.45) is 7.05 Å². The molecule has 238 valence electrons. The molecular formula is C34H34ClFN6O4. The van der Waals surface area contributed by atoms with E-state index in [1.807, 2.05) is 17.0 Å². The average Bonchev–Trinajstić information content (AvgIpc) is 3.48. The van der Waals surface area contributed by atoms with Gasteiger partial charge in [-0.3, -0.25) is 19.3 Å². The molecule has 0 spiro atoms. The van der Waals surface area contributed by atoms with Crippen molar-refractivity contribution in [3.05, 3.63) is 92.1 Å². The highest BCUT2D eigenvalue weighted by Gasteiger charge is 2.35. The summed E-state index contributed by atoms with van der Waals surface area (Å²) in [4.78, 5) is 46.4. The van der Waals surface area contributed by atoms with Crippen molar-refractivity contribution >= 4 is 29.1 Å². The minimum absolute atomic E-state index is 0.0833. The maximum atomic E-state index is 15.5. The maximum Gasteiger partial charge on any atom is 0.279 e. The second-order valence-corrected chi connectivity index (χ2v) is 12.0. The summed E-state index contributed by atoms with van der Waals surface area (Å²) >= 11 is 7.02. The monoisotopic (exact) mass is 644 g/mol. The molecule has 1 aliphatic heterocycles. The van der Waals surface area contributed by atoms with Crippen LogP contribution in [0.5, 0.6) is 5.88 Å².